The maximum Gasteiger partial charge on any atom is 0.239 e. The van der Waals surface area contributed by atoms with Crippen molar-refractivity contribution >= 4 is 5.91 Å². The van der Waals surface area contributed by atoms with Gasteiger partial charge >= 0.3 is 0 Å². The summed E-state index contributed by atoms with van der Waals surface area (Å²) in [6.07, 6.45) is 2.53. The molecule has 6 nitrogen and oxygen atoms in total. The van der Waals surface area contributed by atoms with Gasteiger partial charge in [-0.15, -0.1) is 0 Å². The van der Waals surface area contributed by atoms with Crippen LogP contribution >= 0.6 is 0 Å². The maximum absolute atomic E-state index is 13.0. The molecular weight excluding hydrogens is 380 g/mol. The zero-order valence-electron chi connectivity index (χ0n) is 19.1. The van der Waals surface area contributed by atoms with E-state index in [0.29, 0.717) is 43.7 Å². The number of rotatable bonds is 9. The van der Waals surface area contributed by atoms with Crippen LogP contribution in [0.25, 0.3) is 0 Å². The first-order chi connectivity index (χ1) is 14.2. The number of ether oxygens (including phenoxy) is 2. The number of hydrogen-bond acceptors (Lipinski definition) is 5. The summed E-state index contributed by atoms with van der Waals surface area (Å²) in [4.78, 5) is 14.8. The van der Waals surface area contributed by atoms with Crippen LogP contribution < -0.4 is 15.2 Å². The lowest BCUT2D eigenvalue weighted by molar-refractivity contribution is -0.132. The van der Waals surface area contributed by atoms with Gasteiger partial charge in [0, 0.05) is 24.4 Å². The number of amides is 1. The largest absolute Gasteiger partial charge is 0.493 e. The summed E-state index contributed by atoms with van der Waals surface area (Å²) in [5, 5.41) is 10.7. The molecule has 1 aliphatic heterocycles. The third-order valence-corrected chi connectivity index (χ3v) is 6.80. The maximum atomic E-state index is 13.0. The Morgan fingerprint density at radius 3 is 2.57 bits per heavy atom. The van der Waals surface area contributed by atoms with Crippen molar-refractivity contribution in [2.45, 2.75) is 65.0 Å². The lowest BCUT2D eigenvalue weighted by Crippen LogP contribution is -2.45. The molecule has 1 amide bonds. The molecule has 2 fully saturated rings. The molecule has 4 atom stereocenters. The average Bonchev–Trinajstić information content (AvgIpc) is 3.45. The molecule has 3 rings (SSSR count). The van der Waals surface area contributed by atoms with Crippen LogP contribution in [0.1, 0.15) is 58.4 Å². The monoisotopic (exact) mass is 418 g/mol. The fraction of sp³-hybridized carbons (Fsp3) is 0.708. The van der Waals surface area contributed by atoms with Gasteiger partial charge < -0.3 is 25.2 Å². The Labute approximate surface area is 180 Å². The van der Waals surface area contributed by atoms with Crippen molar-refractivity contribution in [1.29, 1.82) is 0 Å². The number of nitrogens with zero attached hydrogens (tertiary/aromatic N) is 1. The highest BCUT2D eigenvalue weighted by atomic mass is 16.5. The van der Waals surface area contributed by atoms with Crippen molar-refractivity contribution in [3.63, 3.8) is 0 Å². The molecule has 2 aliphatic rings. The summed E-state index contributed by atoms with van der Waals surface area (Å²) >= 11 is 0. The van der Waals surface area contributed by atoms with E-state index in [1.807, 2.05) is 30.0 Å². The predicted molar refractivity (Wildman–Crippen MR) is 118 cm³/mol. The summed E-state index contributed by atoms with van der Waals surface area (Å²) in [7, 11) is 1.64. The topological polar surface area (TPSA) is 85.0 Å². The Morgan fingerprint density at radius 1 is 1.30 bits per heavy atom. The number of aliphatic hydroxyl groups is 1. The van der Waals surface area contributed by atoms with E-state index in [9.17, 15) is 9.90 Å². The molecule has 4 unspecified atom stereocenters. The van der Waals surface area contributed by atoms with E-state index in [2.05, 4.69) is 20.8 Å². The molecule has 30 heavy (non-hydrogen) atoms. The highest BCUT2D eigenvalue weighted by Gasteiger charge is 2.49. The van der Waals surface area contributed by atoms with Crippen LogP contribution in [0, 0.1) is 17.3 Å². The summed E-state index contributed by atoms with van der Waals surface area (Å²) in [6.45, 7) is 9.74. The minimum Gasteiger partial charge on any atom is -0.493 e. The Morgan fingerprint density at radius 2 is 2.00 bits per heavy atom. The number of nitrogens with two attached hydrogens (primary N) is 1. The standard InChI is InChI=1S/C24H38N2O4/c1-15(2)10-20(25)23(28)26-12-19(24(4,14-26)16(3)27)18-8-9-21(29-5)22(11-18)30-13-17-6-7-17/h8-9,11,15-17,19-20,27H,6-7,10,12-14,25H2,1-5H3. The molecule has 0 aromatic heterocycles. The normalized spacial score (nSPS) is 26.0. The highest BCUT2D eigenvalue weighted by molar-refractivity contribution is 5.82. The van der Waals surface area contributed by atoms with Gasteiger partial charge in [-0.05, 0) is 55.7 Å². The second kappa shape index (κ2) is 9.15. The molecule has 6 heteroatoms. The summed E-state index contributed by atoms with van der Waals surface area (Å²) in [5.41, 5.74) is 6.78. The Bertz CT molecular complexity index is 747. The van der Waals surface area contributed by atoms with Crippen molar-refractivity contribution in [2.75, 3.05) is 26.8 Å². The van der Waals surface area contributed by atoms with Crippen LogP contribution in [-0.2, 0) is 4.79 Å². The van der Waals surface area contributed by atoms with Crippen LogP contribution in [0.3, 0.4) is 0 Å². The Hall–Kier alpha value is -1.79. The lowest BCUT2D eigenvalue weighted by atomic mass is 9.72. The first-order valence-corrected chi connectivity index (χ1v) is 11.2. The van der Waals surface area contributed by atoms with Gasteiger partial charge in [-0.25, -0.2) is 0 Å². The molecule has 1 aromatic carbocycles. The molecule has 0 bridgehead atoms. The highest BCUT2D eigenvalue weighted by Crippen LogP contribution is 2.47. The van der Waals surface area contributed by atoms with Gasteiger partial charge in [0.2, 0.25) is 5.91 Å². The van der Waals surface area contributed by atoms with E-state index in [1.54, 1.807) is 7.11 Å². The Kier molecular flexibility index (Phi) is 6.98. The molecule has 3 N–H and O–H groups in total. The van der Waals surface area contributed by atoms with Gasteiger partial charge in [-0.3, -0.25) is 4.79 Å². The number of carbonyl (C=O) groups is 1. The van der Waals surface area contributed by atoms with Gasteiger partial charge in [0.25, 0.3) is 0 Å². The van der Waals surface area contributed by atoms with Gasteiger partial charge in [-0.2, -0.15) is 0 Å². The summed E-state index contributed by atoms with van der Waals surface area (Å²) in [5.74, 6) is 2.40. The molecule has 168 valence electrons. The first-order valence-electron chi connectivity index (χ1n) is 11.2. The lowest BCUT2D eigenvalue weighted by Gasteiger charge is -2.34. The summed E-state index contributed by atoms with van der Waals surface area (Å²) < 4.78 is 11.5. The van der Waals surface area contributed by atoms with E-state index in [-0.39, 0.29) is 11.8 Å². The zero-order valence-corrected chi connectivity index (χ0v) is 19.1. The van der Waals surface area contributed by atoms with Gasteiger partial charge in [0.15, 0.2) is 11.5 Å². The van der Waals surface area contributed by atoms with Crippen LogP contribution in [0.4, 0.5) is 0 Å². The van der Waals surface area contributed by atoms with Crippen molar-refractivity contribution in [2.24, 2.45) is 23.0 Å². The van der Waals surface area contributed by atoms with Crippen LogP contribution in [0.2, 0.25) is 0 Å². The minimum atomic E-state index is -0.570. The molecular formula is C24H38N2O4. The smallest absolute Gasteiger partial charge is 0.239 e. The molecule has 1 saturated carbocycles. The zero-order chi connectivity index (χ0) is 22.1. The SMILES string of the molecule is COc1ccc(C2CN(C(=O)C(N)CC(C)C)CC2(C)C(C)O)cc1OCC1CC1. The summed E-state index contributed by atoms with van der Waals surface area (Å²) in [6, 6.07) is 5.47. The Balaban J connectivity index is 1.84. The van der Waals surface area contributed by atoms with E-state index >= 15 is 0 Å². The molecule has 1 heterocycles. The third-order valence-electron chi connectivity index (χ3n) is 6.80. The second-order valence-electron chi connectivity index (χ2n) is 9.85. The van der Waals surface area contributed by atoms with E-state index in [1.165, 1.54) is 12.8 Å². The average molecular weight is 419 g/mol. The number of carbonyl (C=O) groups excluding carboxylic acids is 1. The van der Waals surface area contributed by atoms with Crippen LogP contribution in [0.15, 0.2) is 18.2 Å². The fourth-order valence-corrected chi connectivity index (χ4v) is 4.45. The van der Waals surface area contributed by atoms with Gasteiger partial charge in [0.1, 0.15) is 0 Å². The molecule has 0 spiro atoms. The third kappa shape index (κ3) is 4.92. The number of aliphatic hydroxyl groups excluding tert-OH is 1. The number of methoxy groups -OCH3 is 1. The minimum absolute atomic E-state index is 0.0121. The second-order valence-corrected chi connectivity index (χ2v) is 9.85. The molecule has 0 radical (unpaired) electrons. The van der Waals surface area contributed by atoms with Crippen molar-refractivity contribution in [1.82, 2.24) is 4.90 Å². The molecule has 1 aliphatic carbocycles. The van der Waals surface area contributed by atoms with Crippen molar-refractivity contribution < 1.29 is 19.4 Å². The first kappa shape index (κ1) is 22.9. The predicted octanol–water partition coefficient (Wildman–Crippen LogP) is 3.17. The van der Waals surface area contributed by atoms with Crippen molar-refractivity contribution in [3.05, 3.63) is 23.8 Å². The fourth-order valence-electron chi connectivity index (χ4n) is 4.45. The number of hydrogen-bond donors (Lipinski definition) is 2. The van der Waals surface area contributed by atoms with Crippen LogP contribution in [0.5, 0.6) is 11.5 Å². The van der Waals surface area contributed by atoms with Crippen LogP contribution in [-0.4, -0.2) is 54.9 Å². The van der Waals surface area contributed by atoms with E-state index in [0.717, 1.165) is 11.3 Å². The molecule has 1 saturated heterocycles. The van der Waals surface area contributed by atoms with E-state index in [4.69, 9.17) is 15.2 Å². The van der Waals surface area contributed by atoms with Crippen molar-refractivity contribution in [3.8, 4) is 11.5 Å². The number of likely N-dealkylation sites (tertiary alicyclic amines) is 1. The van der Waals surface area contributed by atoms with Gasteiger partial charge in [0.05, 0.1) is 25.9 Å². The van der Waals surface area contributed by atoms with E-state index < -0.39 is 17.6 Å². The quantitative estimate of drug-likeness (QED) is 0.643. The molecule has 1 aromatic rings. The van der Waals surface area contributed by atoms with Gasteiger partial charge in [-0.1, -0.05) is 26.8 Å². The number of benzene rings is 1.